The number of methoxy groups -OCH3 is 1. The summed E-state index contributed by atoms with van der Waals surface area (Å²) in [6.45, 7) is 2.93. The van der Waals surface area contributed by atoms with Crippen LogP contribution in [0.3, 0.4) is 0 Å². The lowest BCUT2D eigenvalue weighted by Crippen LogP contribution is -2.42. The van der Waals surface area contributed by atoms with E-state index in [0.717, 1.165) is 19.5 Å². The molecule has 1 saturated heterocycles. The van der Waals surface area contributed by atoms with E-state index in [1.54, 1.807) is 26.1 Å². The van der Waals surface area contributed by atoms with E-state index in [2.05, 4.69) is 5.32 Å². The van der Waals surface area contributed by atoms with E-state index in [9.17, 15) is 9.59 Å². The number of amides is 2. The Morgan fingerprint density at radius 3 is 2.50 bits per heavy atom. The number of likely N-dealkylation sites (N-methyl/N-ethyl adjacent to an activating group) is 1. The first-order chi connectivity index (χ1) is 9.04. The Balaban J connectivity index is 0.00000361. The Hall–Kier alpha value is -0.850. The van der Waals surface area contributed by atoms with Crippen LogP contribution in [-0.2, 0) is 14.3 Å². The van der Waals surface area contributed by atoms with Crippen molar-refractivity contribution in [2.45, 2.75) is 12.8 Å². The number of ether oxygens (including phenoxy) is 1. The third kappa shape index (κ3) is 6.54. The zero-order chi connectivity index (χ0) is 14.3. The van der Waals surface area contributed by atoms with Gasteiger partial charge in [0.25, 0.3) is 0 Å². The van der Waals surface area contributed by atoms with Gasteiger partial charge in [0.2, 0.25) is 11.8 Å². The molecule has 0 saturated carbocycles. The van der Waals surface area contributed by atoms with E-state index in [-0.39, 0.29) is 30.8 Å². The molecule has 1 rings (SSSR count). The maximum absolute atomic E-state index is 12.2. The number of nitrogens with zero attached hydrogens (tertiary/aromatic N) is 2. The Kier molecular flexibility index (Phi) is 9.54. The van der Waals surface area contributed by atoms with Crippen molar-refractivity contribution in [2.24, 2.45) is 5.92 Å². The molecule has 0 aliphatic carbocycles. The number of hydrogen-bond donors (Lipinski definition) is 1. The molecular formula is C13H26ClN3O3. The van der Waals surface area contributed by atoms with Crippen LogP contribution in [0.5, 0.6) is 0 Å². The van der Waals surface area contributed by atoms with Crippen LogP contribution in [-0.4, -0.2) is 75.6 Å². The molecule has 1 heterocycles. The third-order valence-electron chi connectivity index (χ3n) is 3.37. The van der Waals surface area contributed by atoms with Gasteiger partial charge in [-0.25, -0.2) is 0 Å². The Morgan fingerprint density at radius 2 is 2.00 bits per heavy atom. The zero-order valence-electron chi connectivity index (χ0n) is 12.6. The average Bonchev–Trinajstić information content (AvgIpc) is 2.86. The molecule has 0 radical (unpaired) electrons. The van der Waals surface area contributed by atoms with Crippen molar-refractivity contribution in [3.63, 3.8) is 0 Å². The average molecular weight is 308 g/mol. The second-order valence-corrected chi connectivity index (χ2v) is 5.16. The van der Waals surface area contributed by atoms with Gasteiger partial charge in [-0.05, 0) is 25.4 Å². The highest BCUT2D eigenvalue weighted by Gasteiger charge is 2.23. The summed E-state index contributed by atoms with van der Waals surface area (Å²) in [5, 5.41) is 3.25. The lowest BCUT2D eigenvalue weighted by molar-refractivity contribution is -0.140. The molecule has 1 N–H and O–H groups in total. The standard InChI is InChI=1S/C13H25N3O3.ClH/c1-15(2)13(18)10-16(6-7-19-3)12(17)8-11-4-5-14-9-11;/h11,14H,4-10H2,1-3H3;1H. The first kappa shape index (κ1) is 19.1. The normalized spacial score (nSPS) is 17.4. The van der Waals surface area contributed by atoms with Gasteiger partial charge in [0.15, 0.2) is 0 Å². The van der Waals surface area contributed by atoms with Crippen LogP contribution >= 0.6 is 12.4 Å². The van der Waals surface area contributed by atoms with E-state index in [1.165, 1.54) is 4.90 Å². The minimum atomic E-state index is -0.0611. The largest absolute Gasteiger partial charge is 0.383 e. The van der Waals surface area contributed by atoms with E-state index in [4.69, 9.17) is 4.74 Å². The molecule has 118 valence electrons. The maximum atomic E-state index is 12.2. The van der Waals surface area contributed by atoms with Gasteiger partial charge in [0.1, 0.15) is 0 Å². The van der Waals surface area contributed by atoms with E-state index in [0.29, 0.717) is 25.5 Å². The van der Waals surface area contributed by atoms with Crippen LogP contribution < -0.4 is 5.32 Å². The predicted octanol–water partition coefficient (Wildman–Crippen LogP) is -0.0290. The lowest BCUT2D eigenvalue weighted by atomic mass is 10.0. The Labute approximate surface area is 127 Å². The number of halogens is 1. The summed E-state index contributed by atoms with van der Waals surface area (Å²) in [6, 6.07) is 0. The summed E-state index contributed by atoms with van der Waals surface area (Å²) in [4.78, 5) is 27.1. The highest BCUT2D eigenvalue weighted by Crippen LogP contribution is 2.13. The van der Waals surface area contributed by atoms with E-state index < -0.39 is 0 Å². The molecule has 1 fully saturated rings. The molecule has 2 amide bonds. The van der Waals surface area contributed by atoms with Crippen LogP contribution in [0.15, 0.2) is 0 Å². The van der Waals surface area contributed by atoms with Crippen molar-refractivity contribution < 1.29 is 14.3 Å². The number of hydrogen-bond acceptors (Lipinski definition) is 4. The van der Waals surface area contributed by atoms with Gasteiger partial charge in [-0.3, -0.25) is 9.59 Å². The zero-order valence-corrected chi connectivity index (χ0v) is 13.4. The molecule has 0 aromatic heterocycles. The molecule has 6 nitrogen and oxygen atoms in total. The SMILES string of the molecule is COCCN(CC(=O)N(C)C)C(=O)CC1CCNC1.Cl. The molecule has 1 aliphatic rings. The van der Waals surface area contributed by atoms with Gasteiger partial charge in [-0.2, -0.15) is 0 Å². The second-order valence-electron chi connectivity index (χ2n) is 5.16. The summed E-state index contributed by atoms with van der Waals surface area (Å²) in [6.07, 6.45) is 1.54. The van der Waals surface area contributed by atoms with Crippen LogP contribution in [0.1, 0.15) is 12.8 Å². The van der Waals surface area contributed by atoms with Gasteiger partial charge < -0.3 is 19.9 Å². The van der Waals surface area contributed by atoms with Crippen molar-refractivity contribution in [2.75, 3.05) is 54.0 Å². The predicted molar refractivity (Wildman–Crippen MR) is 80.0 cm³/mol. The summed E-state index contributed by atoms with van der Waals surface area (Å²) in [5.41, 5.74) is 0. The number of nitrogens with one attached hydrogen (secondary N) is 1. The van der Waals surface area contributed by atoms with Crippen LogP contribution in [0.4, 0.5) is 0 Å². The Bertz CT molecular complexity index is 307. The van der Waals surface area contributed by atoms with E-state index >= 15 is 0 Å². The molecule has 20 heavy (non-hydrogen) atoms. The molecule has 0 spiro atoms. The van der Waals surface area contributed by atoms with Gasteiger partial charge in [0.05, 0.1) is 13.2 Å². The molecule has 1 aliphatic heterocycles. The van der Waals surface area contributed by atoms with Crippen LogP contribution in [0, 0.1) is 5.92 Å². The summed E-state index contributed by atoms with van der Waals surface area (Å²) >= 11 is 0. The number of rotatable bonds is 7. The highest BCUT2D eigenvalue weighted by atomic mass is 35.5. The van der Waals surface area contributed by atoms with Crippen molar-refractivity contribution in [1.82, 2.24) is 15.1 Å². The molecule has 1 unspecified atom stereocenters. The van der Waals surface area contributed by atoms with Crippen LogP contribution in [0.2, 0.25) is 0 Å². The number of carbonyl (C=O) groups excluding carboxylic acids is 2. The molecular weight excluding hydrogens is 282 g/mol. The topological polar surface area (TPSA) is 61.9 Å². The van der Waals surface area contributed by atoms with Gasteiger partial charge in [0, 0.05) is 34.2 Å². The molecule has 0 bridgehead atoms. The summed E-state index contributed by atoms with van der Waals surface area (Å²) < 4.78 is 5.00. The first-order valence-electron chi connectivity index (χ1n) is 6.72. The summed E-state index contributed by atoms with van der Waals surface area (Å²) in [7, 11) is 4.99. The lowest BCUT2D eigenvalue weighted by Gasteiger charge is -2.24. The fourth-order valence-electron chi connectivity index (χ4n) is 2.06. The molecule has 0 aromatic carbocycles. The molecule has 1 atom stereocenters. The molecule has 0 aromatic rings. The van der Waals surface area contributed by atoms with Crippen molar-refractivity contribution in [3.05, 3.63) is 0 Å². The smallest absolute Gasteiger partial charge is 0.241 e. The monoisotopic (exact) mass is 307 g/mol. The second kappa shape index (κ2) is 9.96. The minimum Gasteiger partial charge on any atom is -0.383 e. The van der Waals surface area contributed by atoms with Gasteiger partial charge in [-0.1, -0.05) is 0 Å². The molecule has 7 heteroatoms. The quantitative estimate of drug-likeness (QED) is 0.717. The first-order valence-corrected chi connectivity index (χ1v) is 6.72. The number of carbonyl (C=O) groups is 2. The Morgan fingerprint density at radius 1 is 1.30 bits per heavy atom. The third-order valence-corrected chi connectivity index (χ3v) is 3.37. The highest BCUT2D eigenvalue weighted by molar-refractivity contribution is 5.85. The van der Waals surface area contributed by atoms with E-state index in [1.807, 2.05) is 0 Å². The van der Waals surface area contributed by atoms with Gasteiger partial charge in [-0.15, -0.1) is 12.4 Å². The summed E-state index contributed by atoms with van der Waals surface area (Å²) in [5.74, 6) is 0.377. The fourth-order valence-corrected chi connectivity index (χ4v) is 2.06. The van der Waals surface area contributed by atoms with Crippen molar-refractivity contribution in [3.8, 4) is 0 Å². The van der Waals surface area contributed by atoms with Crippen molar-refractivity contribution >= 4 is 24.2 Å². The van der Waals surface area contributed by atoms with Gasteiger partial charge >= 0.3 is 0 Å². The fraction of sp³-hybridized carbons (Fsp3) is 0.846. The van der Waals surface area contributed by atoms with Crippen LogP contribution in [0.25, 0.3) is 0 Å². The van der Waals surface area contributed by atoms with Crippen molar-refractivity contribution in [1.29, 1.82) is 0 Å². The minimum absolute atomic E-state index is 0. The maximum Gasteiger partial charge on any atom is 0.241 e.